The SMILES string of the molecule is CCCNC(=O)c1cnc(Nc2ccc(C#N)cc2)cn1. The molecule has 0 aliphatic heterocycles. The van der Waals surface area contributed by atoms with Crippen molar-refractivity contribution in [2.24, 2.45) is 0 Å². The van der Waals surface area contributed by atoms with Crippen molar-refractivity contribution in [2.75, 3.05) is 11.9 Å². The quantitative estimate of drug-likeness (QED) is 0.877. The number of benzene rings is 1. The van der Waals surface area contributed by atoms with E-state index in [-0.39, 0.29) is 11.6 Å². The zero-order valence-corrected chi connectivity index (χ0v) is 11.6. The van der Waals surface area contributed by atoms with E-state index in [2.05, 4.69) is 26.7 Å². The van der Waals surface area contributed by atoms with Gasteiger partial charge in [-0.3, -0.25) is 4.79 Å². The van der Waals surface area contributed by atoms with Gasteiger partial charge in [-0.1, -0.05) is 6.92 Å². The van der Waals surface area contributed by atoms with Crippen LogP contribution in [-0.4, -0.2) is 22.4 Å². The Bertz CT molecular complexity index is 643. The summed E-state index contributed by atoms with van der Waals surface area (Å²) < 4.78 is 0. The smallest absolute Gasteiger partial charge is 0.271 e. The van der Waals surface area contributed by atoms with Gasteiger partial charge in [0, 0.05) is 12.2 Å². The van der Waals surface area contributed by atoms with Crippen LogP contribution in [0.1, 0.15) is 29.4 Å². The molecule has 6 nitrogen and oxygen atoms in total. The Labute approximate surface area is 122 Å². The molecular formula is C15H15N5O. The lowest BCUT2D eigenvalue weighted by molar-refractivity contribution is 0.0948. The van der Waals surface area contributed by atoms with Crippen molar-refractivity contribution in [3.8, 4) is 6.07 Å². The summed E-state index contributed by atoms with van der Waals surface area (Å²) in [5, 5.41) is 14.5. The predicted octanol–water partition coefficient (Wildman–Crippen LogP) is 2.23. The maximum Gasteiger partial charge on any atom is 0.271 e. The molecular weight excluding hydrogens is 266 g/mol. The molecule has 6 heteroatoms. The summed E-state index contributed by atoms with van der Waals surface area (Å²) in [6.07, 6.45) is 3.80. The lowest BCUT2D eigenvalue weighted by Gasteiger charge is -2.06. The third-order valence-corrected chi connectivity index (χ3v) is 2.71. The summed E-state index contributed by atoms with van der Waals surface area (Å²) >= 11 is 0. The van der Waals surface area contributed by atoms with E-state index >= 15 is 0 Å². The van der Waals surface area contributed by atoms with E-state index in [1.165, 1.54) is 12.4 Å². The summed E-state index contributed by atoms with van der Waals surface area (Å²) in [6, 6.07) is 9.04. The van der Waals surface area contributed by atoms with Crippen LogP contribution in [0.2, 0.25) is 0 Å². The molecule has 21 heavy (non-hydrogen) atoms. The van der Waals surface area contributed by atoms with Crippen molar-refractivity contribution < 1.29 is 4.79 Å². The minimum absolute atomic E-state index is 0.228. The van der Waals surface area contributed by atoms with Crippen molar-refractivity contribution >= 4 is 17.4 Å². The molecule has 0 spiro atoms. The Morgan fingerprint density at radius 1 is 1.24 bits per heavy atom. The molecule has 0 atom stereocenters. The first-order valence-corrected chi connectivity index (χ1v) is 6.60. The maximum atomic E-state index is 11.7. The first-order valence-electron chi connectivity index (χ1n) is 6.60. The first-order chi connectivity index (χ1) is 10.2. The Morgan fingerprint density at radius 2 is 2.00 bits per heavy atom. The van der Waals surface area contributed by atoms with Crippen LogP contribution in [0.4, 0.5) is 11.5 Å². The van der Waals surface area contributed by atoms with Crippen molar-refractivity contribution in [3.63, 3.8) is 0 Å². The highest BCUT2D eigenvalue weighted by molar-refractivity contribution is 5.92. The number of nitriles is 1. The van der Waals surface area contributed by atoms with Gasteiger partial charge in [0.2, 0.25) is 0 Å². The van der Waals surface area contributed by atoms with Crippen LogP contribution in [0.3, 0.4) is 0 Å². The monoisotopic (exact) mass is 281 g/mol. The molecule has 2 N–H and O–H groups in total. The standard InChI is InChI=1S/C15H15N5O/c1-2-7-17-15(21)13-9-19-14(10-18-13)20-12-5-3-11(8-16)4-6-12/h3-6,9-10H,2,7H2,1H3,(H,17,21)(H,19,20). The maximum absolute atomic E-state index is 11.7. The molecule has 2 aromatic rings. The van der Waals surface area contributed by atoms with Gasteiger partial charge in [-0.25, -0.2) is 9.97 Å². The normalized spacial score (nSPS) is 9.71. The summed E-state index contributed by atoms with van der Waals surface area (Å²) in [4.78, 5) is 19.9. The van der Waals surface area contributed by atoms with Crippen LogP contribution in [0, 0.1) is 11.3 Å². The van der Waals surface area contributed by atoms with Crippen LogP contribution >= 0.6 is 0 Å². The highest BCUT2D eigenvalue weighted by atomic mass is 16.1. The van der Waals surface area contributed by atoms with Gasteiger partial charge < -0.3 is 10.6 Å². The minimum Gasteiger partial charge on any atom is -0.351 e. The van der Waals surface area contributed by atoms with E-state index in [1.807, 2.05) is 6.92 Å². The minimum atomic E-state index is -0.228. The Hall–Kier alpha value is -2.94. The molecule has 0 saturated heterocycles. The van der Waals surface area contributed by atoms with Crippen molar-refractivity contribution in [2.45, 2.75) is 13.3 Å². The van der Waals surface area contributed by atoms with Crippen LogP contribution in [0.15, 0.2) is 36.7 Å². The van der Waals surface area contributed by atoms with Crippen LogP contribution in [0.5, 0.6) is 0 Å². The van der Waals surface area contributed by atoms with E-state index in [4.69, 9.17) is 5.26 Å². The third kappa shape index (κ3) is 4.01. The van der Waals surface area contributed by atoms with Gasteiger partial charge >= 0.3 is 0 Å². The van der Waals surface area contributed by atoms with Gasteiger partial charge in [0.15, 0.2) is 0 Å². The lowest BCUT2D eigenvalue weighted by atomic mass is 10.2. The number of hydrogen-bond donors (Lipinski definition) is 2. The highest BCUT2D eigenvalue weighted by Gasteiger charge is 2.06. The zero-order chi connectivity index (χ0) is 15.1. The van der Waals surface area contributed by atoms with Gasteiger partial charge in [0.25, 0.3) is 5.91 Å². The Morgan fingerprint density at radius 3 is 2.57 bits per heavy atom. The van der Waals surface area contributed by atoms with Crippen molar-refractivity contribution in [3.05, 3.63) is 47.9 Å². The molecule has 1 aromatic heterocycles. The molecule has 1 aromatic carbocycles. The number of rotatable bonds is 5. The molecule has 2 rings (SSSR count). The molecule has 0 bridgehead atoms. The second-order valence-corrected chi connectivity index (χ2v) is 4.36. The molecule has 1 heterocycles. The summed E-state index contributed by atoms with van der Waals surface area (Å²) in [5.74, 6) is 0.307. The van der Waals surface area contributed by atoms with E-state index in [0.29, 0.717) is 17.9 Å². The predicted molar refractivity (Wildman–Crippen MR) is 79.1 cm³/mol. The van der Waals surface area contributed by atoms with Gasteiger partial charge in [-0.15, -0.1) is 0 Å². The average Bonchev–Trinajstić information content (AvgIpc) is 2.54. The number of carbonyl (C=O) groups is 1. The second-order valence-electron chi connectivity index (χ2n) is 4.36. The summed E-state index contributed by atoms with van der Waals surface area (Å²) in [6.45, 7) is 2.60. The number of nitrogens with zero attached hydrogens (tertiary/aromatic N) is 3. The van der Waals surface area contributed by atoms with Gasteiger partial charge in [0.1, 0.15) is 11.5 Å². The molecule has 1 amide bonds. The number of anilines is 2. The van der Waals surface area contributed by atoms with Crippen LogP contribution in [-0.2, 0) is 0 Å². The van der Waals surface area contributed by atoms with E-state index < -0.39 is 0 Å². The fourth-order valence-corrected chi connectivity index (χ4v) is 1.61. The number of carbonyl (C=O) groups excluding carboxylic acids is 1. The van der Waals surface area contributed by atoms with E-state index in [9.17, 15) is 4.79 Å². The number of aromatic nitrogens is 2. The van der Waals surface area contributed by atoms with Gasteiger partial charge in [0.05, 0.1) is 24.0 Å². The molecule has 106 valence electrons. The molecule has 0 radical (unpaired) electrons. The second kappa shape index (κ2) is 7.01. The number of amides is 1. The van der Waals surface area contributed by atoms with Crippen LogP contribution in [0.25, 0.3) is 0 Å². The highest BCUT2D eigenvalue weighted by Crippen LogP contribution is 2.14. The average molecular weight is 281 g/mol. The first kappa shape index (κ1) is 14.5. The number of nitrogens with one attached hydrogen (secondary N) is 2. The zero-order valence-electron chi connectivity index (χ0n) is 11.6. The fraction of sp³-hybridized carbons (Fsp3) is 0.200. The van der Waals surface area contributed by atoms with Crippen LogP contribution < -0.4 is 10.6 Å². The molecule has 0 aliphatic carbocycles. The summed E-state index contributed by atoms with van der Waals surface area (Å²) in [5.41, 5.74) is 1.68. The fourth-order valence-electron chi connectivity index (χ4n) is 1.61. The third-order valence-electron chi connectivity index (χ3n) is 2.71. The van der Waals surface area contributed by atoms with Crippen molar-refractivity contribution in [1.29, 1.82) is 5.26 Å². The Kier molecular flexibility index (Phi) is 4.83. The molecule has 0 fully saturated rings. The number of hydrogen-bond acceptors (Lipinski definition) is 5. The molecule has 0 unspecified atom stereocenters. The Balaban J connectivity index is 2.01. The van der Waals surface area contributed by atoms with Gasteiger partial charge in [-0.2, -0.15) is 5.26 Å². The van der Waals surface area contributed by atoms with E-state index in [1.54, 1.807) is 24.3 Å². The summed E-state index contributed by atoms with van der Waals surface area (Å²) in [7, 11) is 0. The molecule has 0 saturated carbocycles. The molecule has 0 aliphatic rings. The topological polar surface area (TPSA) is 90.7 Å². The lowest BCUT2D eigenvalue weighted by Crippen LogP contribution is -2.25. The van der Waals surface area contributed by atoms with Gasteiger partial charge in [-0.05, 0) is 30.7 Å². The van der Waals surface area contributed by atoms with Crippen molar-refractivity contribution in [1.82, 2.24) is 15.3 Å². The van der Waals surface area contributed by atoms with E-state index in [0.717, 1.165) is 12.1 Å². The largest absolute Gasteiger partial charge is 0.351 e.